The molecule has 0 aliphatic heterocycles. The predicted octanol–water partition coefficient (Wildman–Crippen LogP) is 4.60. The summed E-state index contributed by atoms with van der Waals surface area (Å²) in [4.78, 5) is 23.3. The molecule has 2 rings (SSSR count). The Morgan fingerprint density at radius 2 is 1.94 bits per heavy atom. The van der Waals surface area contributed by atoms with Crippen molar-refractivity contribution in [3.63, 3.8) is 0 Å². The molecular formula is C22H35IN6O2S. The summed E-state index contributed by atoms with van der Waals surface area (Å²) >= 11 is 1.61. The van der Waals surface area contributed by atoms with Gasteiger partial charge in [0.15, 0.2) is 5.96 Å². The quantitative estimate of drug-likeness (QED) is 0.232. The Bertz CT molecular complexity index is 856. The first kappa shape index (κ1) is 28.1. The maximum absolute atomic E-state index is 11.8. The van der Waals surface area contributed by atoms with Crippen LogP contribution in [0.2, 0.25) is 0 Å². The second-order valence-corrected chi connectivity index (χ2v) is 8.42. The van der Waals surface area contributed by atoms with E-state index in [-0.39, 0.29) is 42.2 Å². The number of ether oxygens (including phenoxy) is 1. The van der Waals surface area contributed by atoms with Gasteiger partial charge in [-0.3, -0.25) is 0 Å². The van der Waals surface area contributed by atoms with E-state index in [1.165, 1.54) is 0 Å². The molecule has 8 nitrogen and oxygen atoms in total. The Hall–Kier alpha value is -1.92. The molecule has 0 fully saturated rings. The molecule has 0 spiro atoms. The van der Waals surface area contributed by atoms with Crippen molar-refractivity contribution < 1.29 is 9.53 Å². The van der Waals surface area contributed by atoms with Gasteiger partial charge in [-0.2, -0.15) is 0 Å². The van der Waals surface area contributed by atoms with Gasteiger partial charge in [0.1, 0.15) is 11.1 Å². The van der Waals surface area contributed by atoms with Crippen LogP contribution in [0.15, 0.2) is 34.6 Å². The molecule has 1 atom stereocenters. The number of amides is 2. The highest BCUT2D eigenvalue weighted by Gasteiger charge is 2.12. The van der Waals surface area contributed by atoms with Gasteiger partial charge in [-0.25, -0.2) is 14.8 Å². The predicted molar refractivity (Wildman–Crippen MR) is 143 cm³/mol. The van der Waals surface area contributed by atoms with Crippen LogP contribution in [0, 0.1) is 0 Å². The zero-order valence-corrected chi connectivity index (χ0v) is 22.8. The molecule has 1 heterocycles. The van der Waals surface area contributed by atoms with Crippen molar-refractivity contribution in [3.8, 4) is 0 Å². The van der Waals surface area contributed by atoms with Gasteiger partial charge in [0.05, 0.1) is 18.8 Å². The smallest absolute Gasteiger partial charge is 0.319 e. The fourth-order valence-electron chi connectivity index (χ4n) is 2.76. The number of urea groups is 1. The van der Waals surface area contributed by atoms with E-state index < -0.39 is 0 Å². The molecule has 3 N–H and O–H groups in total. The van der Waals surface area contributed by atoms with Gasteiger partial charge in [0.25, 0.3) is 0 Å². The molecule has 0 aliphatic carbocycles. The van der Waals surface area contributed by atoms with Gasteiger partial charge in [-0.05, 0) is 45.4 Å². The number of aliphatic imine (C=N–C) groups is 1. The molecule has 0 saturated carbocycles. The van der Waals surface area contributed by atoms with Crippen LogP contribution >= 0.6 is 35.3 Å². The van der Waals surface area contributed by atoms with Gasteiger partial charge in [0, 0.05) is 37.8 Å². The highest BCUT2D eigenvalue weighted by molar-refractivity contribution is 14.0. The summed E-state index contributed by atoms with van der Waals surface area (Å²) < 4.78 is 5.35. The zero-order valence-electron chi connectivity index (χ0n) is 19.6. The molecule has 0 radical (unpaired) electrons. The second-order valence-electron chi connectivity index (χ2n) is 7.53. The first-order valence-corrected chi connectivity index (χ1v) is 11.3. The Morgan fingerprint density at radius 3 is 2.53 bits per heavy atom. The zero-order chi connectivity index (χ0) is 22.8. The highest BCUT2D eigenvalue weighted by atomic mass is 127. The summed E-state index contributed by atoms with van der Waals surface area (Å²) in [6.07, 6.45) is -0.000120. The van der Waals surface area contributed by atoms with Crippen molar-refractivity contribution in [2.45, 2.75) is 52.9 Å². The van der Waals surface area contributed by atoms with Crippen molar-refractivity contribution in [2.75, 3.05) is 26.0 Å². The first-order valence-electron chi connectivity index (χ1n) is 10.4. The van der Waals surface area contributed by atoms with E-state index >= 15 is 0 Å². The Morgan fingerprint density at radius 1 is 1.25 bits per heavy atom. The van der Waals surface area contributed by atoms with Gasteiger partial charge in [-0.15, -0.1) is 35.3 Å². The largest absolute Gasteiger partial charge is 0.375 e. The summed E-state index contributed by atoms with van der Waals surface area (Å²) in [6.45, 7) is 9.86. The van der Waals surface area contributed by atoms with Crippen LogP contribution in [0.3, 0.4) is 0 Å². The van der Waals surface area contributed by atoms with Crippen molar-refractivity contribution in [1.82, 2.24) is 20.5 Å². The minimum Gasteiger partial charge on any atom is -0.375 e. The maximum Gasteiger partial charge on any atom is 0.319 e. The first-order chi connectivity index (χ1) is 14.8. The lowest BCUT2D eigenvalue weighted by Gasteiger charge is -2.21. The summed E-state index contributed by atoms with van der Waals surface area (Å²) in [7, 11) is 3.69. The Kier molecular flexibility index (Phi) is 12.5. The minimum atomic E-state index is -0.207. The highest BCUT2D eigenvalue weighted by Crippen LogP contribution is 2.21. The van der Waals surface area contributed by atoms with E-state index in [9.17, 15) is 4.79 Å². The number of carbonyl (C=O) groups excluding carboxylic acids is 1. The molecule has 1 unspecified atom stereocenters. The molecule has 2 amide bonds. The third kappa shape index (κ3) is 9.29. The Labute approximate surface area is 212 Å². The number of anilines is 1. The summed E-state index contributed by atoms with van der Waals surface area (Å²) in [6, 6.07) is 7.59. The van der Waals surface area contributed by atoms with E-state index in [2.05, 4.69) is 31.2 Å². The van der Waals surface area contributed by atoms with E-state index in [0.29, 0.717) is 13.1 Å². The number of nitrogens with one attached hydrogen (secondary N) is 3. The monoisotopic (exact) mass is 574 g/mol. The van der Waals surface area contributed by atoms with Crippen LogP contribution in [0.5, 0.6) is 0 Å². The lowest BCUT2D eigenvalue weighted by molar-refractivity contribution is 0.119. The van der Waals surface area contributed by atoms with Gasteiger partial charge in [-0.1, -0.05) is 12.1 Å². The number of carbonyl (C=O) groups is 1. The third-order valence-corrected chi connectivity index (χ3v) is 5.46. The van der Waals surface area contributed by atoms with Crippen LogP contribution in [0.1, 0.15) is 50.1 Å². The average molecular weight is 575 g/mol. The standard InChI is InChI=1S/C22H34N6O2S.HI/c1-7-23-21(28(5)13-19-14-31-20(26-19)16(4)30-6)24-12-17-8-10-18(11-9-17)27-22(29)25-15(2)3;/h8-11,14-16H,7,12-13H2,1-6H3,(H,23,24)(H2,25,27,29);1H. The van der Waals surface area contributed by atoms with Crippen LogP contribution < -0.4 is 16.0 Å². The van der Waals surface area contributed by atoms with Crippen LogP contribution in [0.25, 0.3) is 0 Å². The normalized spacial score (nSPS) is 12.2. The number of guanidine groups is 1. The molecular weight excluding hydrogens is 539 g/mol. The van der Waals surface area contributed by atoms with Crippen LogP contribution in [-0.4, -0.2) is 48.6 Å². The molecule has 0 aliphatic rings. The topological polar surface area (TPSA) is 90.9 Å². The van der Waals surface area contributed by atoms with Gasteiger partial charge < -0.3 is 25.6 Å². The molecule has 32 heavy (non-hydrogen) atoms. The second kappa shape index (κ2) is 14.3. The SMILES string of the molecule is CCNC(=NCc1ccc(NC(=O)NC(C)C)cc1)N(C)Cc1csc(C(C)OC)n1.I. The molecule has 0 saturated heterocycles. The fraction of sp³-hybridized carbons (Fsp3) is 0.500. The molecule has 0 bridgehead atoms. The van der Waals surface area contributed by atoms with Crippen molar-refractivity contribution in [2.24, 2.45) is 4.99 Å². The third-order valence-electron chi connectivity index (χ3n) is 4.41. The number of methoxy groups -OCH3 is 1. The molecule has 1 aromatic heterocycles. The molecule has 1 aromatic carbocycles. The van der Waals surface area contributed by atoms with E-state index in [4.69, 9.17) is 9.73 Å². The van der Waals surface area contributed by atoms with Gasteiger partial charge >= 0.3 is 6.03 Å². The molecule has 10 heteroatoms. The van der Waals surface area contributed by atoms with Crippen molar-refractivity contribution in [3.05, 3.63) is 45.9 Å². The number of hydrogen-bond donors (Lipinski definition) is 3. The fourth-order valence-corrected chi connectivity index (χ4v) is 3.60. The lowest BCUT2D eigenvalue weighted by atomic mass is 10.2. The average Bonchev–Trinajstić information content (AvgIpc) is 3.19. The number of aromatic nitrogens is 1. The molecule has 2 aromatic rings. The number of thiazole rings is 1. The number of nitrogens with zero attached hydrogens (tertiary/aromatic N) is 3. The number of halogens is 1. The summed E-state index contributed by atoms with van der Waals surface area (Å²) in [5, 5.41) is 12.0. The Balaban J connectivity index is 0.00000512. The molecule has 178 valence electrons. The van der Waals surface area contributed by atoms with Crippen LogP contribution in [-0.2, 0) is 17.8 Å². The van der Waals surface area contributed by atoms with Crippen molar-refractivity contribution in [1.29, 1.82) is 0 Å². The van der Waals surface area contributed by atoms with Crippen molar-refractivity contribution >= 4 is 53.0 Å². The van der Waals surface area contributed by atoms with E-state index in [0.717, 1.165) is 34.5 Å². The summed E-state index contributed by atoms with van der Waals surface area (Å²) in [5.74, 6) is 0.815. The number of rotatable bonds is 9. The van der Waals surface area contributed by atoms with E-state index in [1.54, 1.807) is 18.4 Å². The van der Waals surface area contributed by atoms with E-state index in [1.807, 2.05) is 59.0 Å². The van der Waals surface area contributed by atoms with Gasteiger partial charge in [0.2, 0.25) is 0 Å². The number of hydrogen-bond acceptors (Lipinski definition) is 5. The summed E-state index contributed by atoms with van der Waals surface area (Å²) in [5.41, 5.74) is 2.80. The maximum atomic E-state index is 11.8. The minimum absolute atomic E-state index is 0. The van der Waals surface area contributed by atoms with Crippen LogP contribution in [0.4, 0.5) is 10.5 Å². The lowest BCUT2D eigenvalue weighted by Crippen LogP contribution is -2.38. The number of benzene rings is 1.